The van der Waals surface area contributed by atoms with Gasteiger partial charge >= 0.3 is 11.9 Å². The highest BCUT2D eigenvalue weighted by Gasteiger charge is 2.47. The molecule has 1 fully saturated rings. The van der Waals surface area contributed by atoms with E-state index in [0.717, 1.165) is 11.1 Å². The molecular formula is C36H47ClN2O8. The lowest BCUT2D eigenvalue weighted by Gasteiger charge is -2.26. The van der Waals surface area contributed by atoms with E-state index < -0.39 is 36.0 Å². The van der Waals surface area contributed by atoms with Crippen LogP contribution in [0.4, 0.5) is 0 Å². The normalized spacial score (nSPS) is 18.9. The minimum atomic E-state index is -1.15. The van der Waals surface area contributed by atoms with Gasteiger partial charge in [0.05, 0.1) is 24.2 Å². The Bertz CT molecular complexity index is 1400. The average Bonchev–Trinajstić information content (AvgIpc) is 3.83. The molecule has 10 nitrogen and oxygen atoms in total. The molecule has 7 atom stereocenters. The number of amides is 2. The second-order valence-electron chi connectivity index (χ2n) is 12.6. The Balaban J connectivity index is 1.60. The van der Waals surface area contributed by atoms with Crippen LogP contribution in [-0.2, 0) is 39.8 Å². The molecule has 3 N–H and O–H groups in total. The van der Waals surface area contributed by atoms with Crippen LogP contribution >= 0.6 is 11.6 Å². The summed E-state index contributed by atoms with van der Waals surface area (Å²) in [4.78, 5) is 50.7. The number of rotatable bonds is 18. The van der Waals surface area contributed by atoms with Crippen LogP contribution in [0.25, 0.3) is 0 Å². The molecule has 2 aromatic rings. The molecule has 0 aromatic heterocycles. The number of epoxide rings is 1. The zero-order chi connectivity index (χ0) is 34.7. The number of methoxy groups -OCH3 is 1. The number of primary amides is 1. The molecule has 1 heterocycles. The Morgan fingerprint density at radius 2 is 1.68 bits per heavy atom. The summed E-state index contributed by atoms with van der Waals surface area (Å²) in [6, 6.07) is 15.1. The first kappa shape index (κ1) is 37.6. The zero-order valence-corrected chi connectivity index (χ0v) is 28.7. The highest BCUT2D eigenvalue weighted by atomic mass is 35.5. The van der Waals surface area contributed by atoms with Crippen LogP contribution in [0, 0.1) is 23.7 Å². The topological polar surface area (TPSA) is 147 Å². The third-order valence-electron chi connectivity index (χ3n) is 8.07. The molecule has 1 aliphatic rings. The summed E-state index contributed by atoms with van der Waals surface area (Å²) in [5.74, 6) is -2.92. The van der Waals surface area contributed by atoms with Gasteiger partial charge in [-0.25, -0.2) is 4.79 Å². The summed E-state index contributed by atoms with van der Waals surface area (Å²) < 4.78 is 22.8. The fraction of sp³-hybridized carbons (Fsp3) is 0.500. The number of hydrogen-bond acceptors (Lipinski definition) is 8. The first-order chi connectivity index (χ1) is 22.3. The SMILES string of the molecule is COc1ccc(C[C@@H](C)C(=O)NC[C@@H](C)C(=O)O[C@@H](CC(C)C)C(=O)O[C@@H](C/C=C/C(N)=O)[C@H](C)[C@H]2O[C@@H]2c2ccccc2)cc1Cl. The van der Waals surface area contributed by atoms with Gasteiger partial charge < -0.3 is 30.0 Å². The maximum Gasteiger partial charge on any atom is 0.347 e. The van der Waals surface area contributed by atoms with Gasteiger partial charge in [0.2, 0.25) is 11.8 Å². The Kier molecular flexibility index (Phi) is 14.3. The molecule has 2 aromatic carbocycles. The number of nitrogens with two attached hydrogens (primary N) is 1. The molecule has 0 spiro atoms. The monoisotopic (exact) mass is 670 g/mol. The van der Waals surface area contributed by atoms with Crippen LogP contribution in [0.1, 0.15) is 64.7 Å². The molecule has 47 heavy (non-hydrogen) atoms. The molecular weight excluding hydrogens is 624 g/mol. The molecule has 0 saturated carbocycles. The summed E-state index contributed by atoms with van der Waals surface area (Å²) in [5, 5.41) is 3.27. The number of ether oxygens (including phenoxy) is 4. The van der Waals surface area contributed by atoms with Crippen molar-refractivity contribution in [3.05, 3.63) is 76.8 Å². The van der Waals surface area contributed by atoms with Gasteiger partial charge in [0, 0.05) is 24.8 Å². The van der Waals surface area contributed by atoms with Crippen LogP contribution in [0.15, 0.2) is 60.7 Å². The third-order valence-corrected chi connectivity index (χ3v) is 8.37. The Morgan fingerprint density at radius 1 is 0.979 bits per heavy atom. The molecule has 11 heteroatoms. The summed E-state index contributed by atoms with van der Waals surface area (Å²) in [6.45, 7) is 9.19. The van der Waals surface area contributed by atoms with E-state index in [1.54, 1.807) is 32.1 Å². The number of carbonyl (C=O) groups is 4. The van der Waals surface area contributed by atoms with E-state index in [0.29, 0.717) is 17.2 Å². The second kappa shape index (κ2) is 17.9. The van der Waals surface area contributed by atoms with Crippen LogP contribution in [0.3, 0.4) is 0 Å². The first-order valence-corrected chi connectivity index (χ1v) is 16.4. The van der Waals surface area contributed by atoms with Crippen molar-refractivity contribution < 1.29 is 38.1 Å². The third kappa shape index (κ3) is 11.7. The molecule has 1 saturated heterocycles. The van der Waals surface area contributed by atoms with Crippen molar-refractivity contribution in [2.45, 2.75) is 78.3 Å². The fourth-order valence-corrected chi connectivity index (χ4v) is 5.51. The molecule has 256 valence electrons. The van der Waals surface area contributed by atoms with Crippen LogP contribution in [-0.4, -0.2) is 55.7 Å². The van der Waals surface area contributed by atoms with Crippen molar-refractivity contribution in [2.75, 3.05) is 13.7 Å². The lowest BCUT2D eigenvalue weighted by molar-refractivity contribution is -0.176. The molecule has 2 amide bonds. The van der Waals surface area contributed by atoms with Crippen molar-refractivity contribution in [2.24, 2.45) is 29.4 Å². The summed E-state index contributed by atoms with van der Waals surface area (Å²) >= 11 is 6.21. The van der Waals surface area contributed by atoms with Gasteiger partial charge in [-0.1, -0.05) is 88.7 Å². The lowest BCUT2D eigenvalue weighted by Crippen LogP contribution is -2.40. The predicted octanol–water partition coefficient (Wildman–Crippen LogP) is 5.36. The number of hydrogen-bond donors (Lipinski definition) is 2. The highest BCUT2D eigenvalue weighted by Crippen LogP contribution is 2.45. The van der Waals surface area contributed by atoms with Crippen LogP contribution in [0.2, 0.25) is 5.02 Å². The van der Waals surface area contributed by atoms with Crippen molar-refractivity contribution in [1.82, 2.24) is 5.32 Å². The van der Waals surface area contributed by atoms with Crippen molar-refractivity contribution >= 4 is 35.4 Å². The van der Waals surface area contributed by atoms with Gasteiger partial charge in [-0.05, 0) is 48.1 Å². The highest BCUT2D eigenvalue weighted by molar-refractivity contribution is 6.32. The smallest absolute Gasteiger partial charge is 0.347 e. The Labute approximate surface area is 282 Å². The molecule has 0 bridgehead atoms. The minimum absolute atomic E-state index is 0.0162. The first-order valence-electron chi connectivity index (χ1n) is 16.0. The average molecular weight is 671 g/mol. The molecule has 0 aliphatic carbocycles. The second-order valence-corrected chi connectivity index (χ2v) is 13.0. The van der Waals surface area contributed by atoms with Gasteiger partial charge in [-0.3, -0.25) is 14.4 Å². The van der Waals surface area contributed by atoms with Crippen LogP contribution < -0.4 is 15.8 Å². The number of nitrogens with one attached hydrogen (secondary N) is 1. The van der Waals surface area contributed by atoms with E-state index in [1.165, 1.54) is 13.2 Å². The van der Waals surface area contributed by atoms with E-state index >= 15 is 0 Å². The van der Waals surface area contributed by atoms with E-state index in [-0.39, 0.29) is 55.3 Å². The molecule has 0 radical (unpaired) electrons. The fourth-order valence-electron chi connectivity index (χ4n) is 5.23. The van der Waals surface area contributed by atoms with Gasteiger partial charge in [0.1, 0.15) is 18.0 Å². The predicted molar refractivity (Wildman–Crippen MR) is 178 cm³/mol. The summed E-state index contributed by atoms with van der Waals surface area (Å²) in [5.41, 5.74) is 7.17. The van der Waals surface area contributed by atoms with Gasteiger partial charge in [-0.2, -0.15) is 0 Å². The van der Waals surface area contributed by atoms with E-state index in [9.17, 15) is 19.2 Å². The minimum Gasteiger partial charge on any atom is -0.495 e. The number of esters is 2. The van der Waals surface area contributed by atoms with Crippen LogP contribution in [0.5, 0.6) is 5.75 Å². The number of benzene rings is 2. The van der Waals surface area contributed by atoms with E-state index in [2.05, 4.69) is 5.32 Å². The maximum absolute atomic E-state index is 13.5. The lowest BCUT2D eigenvalue weighted by atomic mass is 9.93. The molecule has 3 rings (SSSR count). The zero-order valence-electron chi connectivity index (χ0n) is 27.9. The standard InChI is InChI=1S/C36H47ClN2O8/c1-21(2)17-30(46-35(42)23(4)20-39-34(41)22(3)18-25-15-16-29(44-6)27(37)19-25)36(43)45-28(13-10-14-31(38)40)24(5)32-33(47-32)26-11-8-7-9-12-26/h7-12,14-16,19,21-24,28,30,32-33H,13,17-18,20H2,1-6H3,(H2,38,40)(H,39,41)/b14-10+/t22-,23-,24+,28+,30+,32-,33-/m1/s1. The summed E-state index contributed by atoms with van der Waals surface area (Å²) in [7, 11) is 1.53. The Hall–Kier alpha value is -3.89. The molecule has 1 aliphatic heterocycles. The van der Waals surface area contributed by atoms with Gasteiger partial charge in [0.15, 0.2) is 6.10 Å². The van der Waals surface area contributed by atoms with E-state index in [1.807, 2.05) is 57.2 Å². The maximum atomic E-state index is 13.5. The number of carbonyl (C=O) groups excluding carboxylic acids is 4. The Morgan fingerprint density at radius 3 is 2.30 bits per heavy atom. The van der Waals surface area contributed by atoms with Crippen molar-refractivity contribution in [1.29, 1.82) is 0 Å². The van der Waals surface area contributed by atoms with E-state index in [4.69, 9.17) is 36.3 Å². The summed E-state index contributed by atoms with van der Waals surface area (Å²) in [6.07, 6.45) is 1.56. The largest absolute Gasteiger partial charge is 0.495 e. The quantitative estimate of drug-likeness (QED) is 0.123. The van der Waals surface area contributed by atoms with Crippen molar-refractivity contribution in [3.63, 3.8) is 0 Å². The van der Waals surface area contributed by atoms with Crippen molar-refractivity contribution in [3.8, 4) is 5.75 Å². The number of halogens is 1. The van der Waals surface area contributed by atoms with Gasteiger partial charge in [0.25, 0.3) is 0 Å². The van der Waals surface area contributed by atoms with Gasteiger partial charge in [-0.15, -0.1) is 0 Å². The molecule has 0 unspecified atom stereocenters.